The van der Waals surface area contributed by atoms with Gasteiger partial charge in [0, 0.05) is 16.6 Å². The third kappa shape index (κ3) is 3.09. The molecule has 2 N–H and O–H groups in total. The van der Waals surface area contributed by atoms with Gasteiger partial charge in [-0.1, -0.05) is 11.6 Å². The number of halogens is 1. The second-order valence-corrected chi connectivity index (χ2v) is 7.90. The third-order valence-electron chi connectivity index (χ3n) is 3.97. The number of primary sulfonamides is 1. The van der Waals surface area contributed by atoms with Crippen LogP contribution in [0.15, 0.2) is 35.5 Å². The number of methoxy groups -OCH3 is 1. The van der Waals surface area contributed by atoms with Crippen LogP contribution in [-0.4, -0.2) is 36.2 Å². The summed E-state index contributed by atoms with van der Waals surface area (Å²) in [5, 5.41) is 6.21. The van der Waals surface area contributed by atoms with Gasteiger partial charge in [0.05, 0.1) is 24.9 Å². The maximum atomic E-state index is 11.9. The Morgan fingerprint density at radius 2 is 2.12 bits per heavy atom. The Morgan fingerprint density at radius 1 is 1.35 bits per heavy atom. The molecule has 0 saturated heterocycles. The molecule has 0 amide bonds. The molecule has 0 radical (unpaired) electrons. The summed E-state index contributed by atoms with van der Waals surface area (Å²) in [4.78, 5) is 8.59. The fourth-order valence-electron chi connectivity index (χ4n) is 2.62. The zero-order valence-corrected chi connectivity index (χ0v) is 15.3. The summed E-state index contributed by atoms with van der Waals surface area (Å²) in [6.45, 7) is 0. The second kappa shape index (κ2) is 6.11. The zero-order valence-electron chi connectivity index (χ0n) is 13.7. The Morgan fingerprint density at radius 3 is 2.77 bits per heavy atom. The van der Waals surface area contributed by atoms with Crippen molar-refractivity contribution < 1.29 is 17.9 Å². The van der Waals surface area contributed by atoms with E-state index in [0.29, 0.717) is 21.7 Å². The second-order valence-electron chi connectivity index (χ2n) is 5.93. The quantitative estimate of drug-likeness (QED) is 0.710. The summed E-state index contributed by atoms with van der Waals surface area (Å²) in [5.41, 5.74) is 0.513. The Balaban J connectivity index is 1.89. The molecule has 0 spiro atoms. The molecule has 1 aliphatic carbocycles. The molecule has 1 fully saturated rings. The summed E-state index contributed by atoms with van der Waals surface area (Å²) < 4.78 is 36.4. The first-order valence-electron chi connectivity index (χ1n) is 7.78. The van der Waals surface area contributed by atoms with Crippen molar-refractivity contribution in [2.45, 2.75) is 23.8 Å². The molecule has 0 aliphatic heterocycles. The van der Waals surface area contributed by atoms with E-state index in [9.17, 15) is 8.42 Å². The van der Waals surface area contributed by atoms with Crippen LogP contribution in [0.3, 0.4) is 0 Å². The highest BCUT2D eigenvalue weighted by atomic mass is 35.5. The summed E-state index contributed by atoms with van der Waals surface area (Å²) in [7, 11) is -2.46. The highest BCUT2D eigenvalue weighted by Gasteiger charge is 2.26. The molecule has 136 valence electrons. The lowest BCUT2D eigenvalue weighted by Crippen LogP contribution is -2.11. The number of nitrogens with two attached hydrogens (primary N) is 1. The van der Waals surface area contributed by atoms with Gasteiger partial charge in [0.25, 0.3) is 5.88 Å². The molecular formula is C16H15ClN4O4S. The normalized spacial score (nSPS) is 14.6. The first kappa shape index (κ1) is 17.1. The number of benzene rings is 1. The fourth-order valence-corrected chi connectivity index (χ4v) is 3.51. The van der Waals surface area contributed by atoms with Gasteiger partial charge in [-0.15, -0.1) is 0 Å². The minimum Gasteiger partial charge on any atom is -0.483 e. The Labute approximate surface area is 154 Å². The first-order valence-corrected chi connectivity index (χ1v) is 9.70. The number of fused-ring (bicyclic) bond motifs is 1. The van der Waals surface area contributed by atoms with Gasteiger partial charge in [0.2, 0.25) is 16.0 Å². The molecule has 0 bridgehead atoms. The molecule has 0 unspecified atom stereocenters. The standard InChI is InChI=1S/C16H15ClN4O4S/c1-24-15-13(25-10-3-4-10)7-19-16(20-15)21-8-14(26(18,22)23)11-5-2-9(17)6-12(11)21/h2,5-8,10H,3-4H2,1H3,(H2,18,22,23). The molecule has 10 heteroatoms. The van der Waals surface area contributed by atoms with Crippen molar-refractivity contribution in [3.63, 3.8) is 0 Å². The van der Waals surface area contributed by atoms with Crippen molar-refractivity contribution in [1.29, 1.82) is 0 Å². The van der Waals surface area contributed by atoms with Crippen molar-refractivity contribution in [3.8, 4) is 17.6 Å². The molecule has 1 aliphatic rings. The lowest BCUT2D eigenvalue weighted by atomic mass is 10.2. The van der Waals surface area contributed by atoms with Crippen molar-refractivity contribution >= 4 is 32.5 Å². The number of hydrogen-bond donors (Lipinski definition) is 1. The van der Waals surface area contributed by atoms with E-state index in [1.165, 1.54) is 24.1 Å². The van der Waals surface area contributed by atoms with E-state index < -0.39 is 10.0 Å². The van der Waals surface area contributed by atoms with E-state index >= 15 is 0 Å². The van der Waals surface area contributed by atoms with Crippen LogP contribution in [0.5, 0.6) is 11.6 Å². The predicted octanol–water partition coefficient (Wildman–Crippen LogP) is 2.27. The van der Waals surface area contributed by atoms with Gasteiger partial charge < -0.3 is 9.47 Å². The fraction of sp³-hybridized carbons (Fsp3) is 0.250. The zero-order chi connectivity index (χ0) is 18.5. The van der Waals surface area contributed by atoms with Gasteiger partial charge in [-0.05, 0) is 31.0 Å². The number of rotatable bonds is 5. The smallest absolute Gasteiger partial charge is 0.261 e. The highest BCUT2D eigenvalue weighted by molar-refractivity contribution is 7.89. The van der Waals surface area contributed by atoms with Crippen LogP contribution in [-0.2, 0) is 10.0 Å². The average Bonchev–Trinajstić information content (AvgIpc) is 3.32. The van der Waals surface area contributed by atoms with Crippen LogP contribution in [0.4, 0.5) is 0 Å². The topological polar surface area (TPSA) is 109 Å². The van der Waals surface area contributed by atoms with Gasteiger partial charge in [-0.2, -0.15) is 4.98 Å². The Hall–Kier alpha value is -2.36. The molecule has 2 heterocycles. The largest absolute Gasteiger partial charge is 0.483 e. The maximum absolute atomic E-state index is 11.9. The molecule has 8 nitrogen and oxygen atoms in total. The molecular weight excluding hydrogens is 380 g/mol. The van der Waals surface area contributed by atoms with E-state index in [0.717, 1.165) is 12.8 Å². The van der Waals surface area contributed by atoms with Crippen LogP contribution in [0, 0.1) is 0 Å². The van der Waals surface area contributed by atoms with Crippen molar-refractivity contribution in [3.05, 3.63) is 35.6 Å². The van der Waals surface area contributed by atoms with Gasteiger partial charge in [-0.3, -0.25) is 4.57 Å². The summed E-state index contributed by atoms with van der Waals surface area (Å²) in [6.07, 6.45) is 5.02. The van der Waals surface area contributed by atoms with Gasteiger partial charge in [0.1, 0.15) is 4.90 Å². The van der Waals surface area contributed by atoms with E-state index in [2.05, 4.69) is 9.97 Å². The number of nitrogens with zero attached hydrogens (tertiary/aromatic N) is 3. The molecule has 1 aromatic carbocycles. The van der Waals surface area contributed by atoms with E-state index in [1.54, 1.807) is 18.2 Å². The predicted molar refractivity (Wildman–Crippen MR) is 95.5 cm³/mol. The van der Waals surface area contributed by atoms with E-state index in [4.69, 9.17) is 26.2 Å². The van der Waals surface area contributed by atoms with Crippen LogP contribution < -0.4 is 14.6 Å². The number of aromatic nitrogens is 3. The third-order valence-corrected chi connectivity index (χ3v) is 5.15. The molecule has 0 atom stereocenters. The molecule has 4 rings (SSSR count). The van der Waals surface area contributed by atoms with Crippen LogP contribution in [0.25, 0.3) is 16.9 Å². The maximum Gasteiger partial charge on any atom is 0.261 e. The first-order chi connectivity index (χ1) is 12.4. The van der Waals surface area contributed by atoms with Gasteiger partial charge >= 0.3 is 0 Å². The molecule has 2 aromatic heterocycles. The van der Waals surface area contributed by atoms with Crippen LogP contribution >= 0.6 is 11.6 Å². The minimum atomic E-state index is -3.94. The lowest BCUT2D eigenvalue weighted by molar-refractivity contribution is 0.275. The van der Waals surface area contributed by atoms with Crippen molar-refractivity contribution in [1.82, 2.24) is 14.5 Å². The van der Waals surface area contributed by atoms with E-state index in [1.807, 2.05) is 0 Å². The Bertz CT molecular complexity index is 1110. The van der Waals surface area contributed by atoms with Gasteiger partial charge in [0.15, 0.2) is 5.75 Å². The van der Waals surface area contributed by atoms with Crippen LogP contribution in [0.1, 0.15) is 12.8 Å². The highest BCUT2D eigenvalue weighted by Crippen LogP contribution is 2.33. The Kier molecular flexibility index (Phi) is 4.02. The monoisotopic (exact) mass is 394 g/mol. The van der Waals surface area contributed by atoms with Gasteiger partial charge in [-0.25, -0.2) is 18.5 Å². The van der Waals surface area contributed by atoms with Crippen LogP contribution in [0.2, 0.25) is 5.02 Å². The van der Waals surface area contributed by atoms with Crippen molar-refractivity contribution in [2.24, 2.45) is 5.14 Å². The average molecular weight is 395 g/mol. The molecule has 26 heavy (non-hydrogen) atoms. The van der Waals surface area contributed by atoms with E-state index in [-0.39, 0.29) is 22.8 Å². The SMILES string of the molecule is COc1nc(-n2cc(S(N)(=O)=O)c3ccc(Cl)cc32)ncc1OC1CC1. The van der Waals surface area contributed by atoms with Crippen molar-refractivity contribution in [2.75, 3.05) is 7.11 Å². The summed E-state index contributed by atoms with van der Waals surface area (Å²) in [5.74, 6) is 0.926. The minimum absolute atomic E-state index is 0.0370. The number of hydrogen-bond acceptors (Lipinski definition) is 6. The summed E-state index contributed by atoms with van der Waals surface area (Å²) in [6, 6.07) is 4.81. The summed E-state index contributed by atoms with van der Waals surface area (Å²) >= 11 is 6.07. The molecule has 3 aromatic rings. The number of ether oxygens (including phenoxy) is 2. The molecule has 1 saturated carbocycles. The number of sulfonamides is 1. The lowest BCUT2D eigenvalue weighted by Gasteiger charge is -2.10.